The molecule has 2 rings (SSSR count). The number of hydrogen-bond acceptors (Lipinski definition) is 5. The minimum atomic E-state index is -4.75. The van der Waals surface area contributed by atoms with Crippen LogP contribution in [0.5, 0.6) is 0 Å². The lowest BCUT2D eigenvalue weighted by Gasteiger charge is -2.15. The van der Waals surface area contributed by atoms with E-state index in [-0.39, 0.29) is 5.56 Å². The van der Waals surface area contributed by atoms with Gasteiger partial charge in [0, 0.05) is 5.69 Å². The van der Waals surface area contributed by atoms with Crippen molar-refractivity contribution in [2.75, 3.05) is 5.32 Å². The van der Waals surface area contributed by atoms with E-state index in [1.54, 1.807) is 12.1 Å². The molecular formula is C21H23F2NO5S. The first-order valence-electron chi connectivity index (χ1n) is 9.30. The Hall–Kier alpha value is -2.81. The number of sulfone groups is 1. The van der Waals surface area contributed by atoms with Gasteiger partial charge in [-0.1, -0.05) is 26.0 Å². The van der Waals surface area contributed by atoms with Crippen molar-refractivity contribution in [3.8, 4) is 0 Å². The monoisotopic (exact) mass is 439 g/mol. The van der Waals surface area contributed by atoms with Crippen LogP contribution in [0.1, 0.15) is 49.0 Å². The van der Waals surface area contributed by atoms with Gasteiger partial charge in [-0.25, -0.2) is 13.2 Å². The van der Waals surface area contributed by atoms with E-state index in [1.807, 2.05) is 12.1 Å². The van der Waals surface area contributed by atoms with Crippen LogP contribution in [-0.2, 0) is 19.4 Å². The summed E-state index contributed by atoms with van der Waals surface area (Å²) < 4.78 is 53.0. The highest BCUT2D eigenvalue weighted by Gasteiger charge is 2.27. The second-order valence-electron chi connectivity index (χ2n) is 6.80. The minimum absolute atomic E-state index is 0.0687. The van der Waals surface area contributed by atoms with Crippen LogP contribution in [0.25, 0.3) is 0 Å². The zero-order valence-electron chi connectivity index (χ0n) is 16.8. The molecule has 9 heteroatoms. The SMILES string of the molecule is CC[C@H](C)c1ccc(NC(=O)[C@@H](C)OC(=O)c2ccc(S(=O)(=O)C(F)F)cc2)cc1. The molecule has 2 atom stereocenters. The molecule has 162 valence electrons. The Bertz CT molecular complexity index is 989. The molecule has 0 bridgehead atoms. The number of carbonyl (C=O) groups excluding carboxylic acids is 2. The van der Waals surface area contributed by atoms with Gasteiger partial charge in [0.1, 0.15) is 0 Å². The molecule has 0 aromatic heterocycles. The molecule has 6 nitrogen and oxygen atoms in total. The van der Waals surface area contributed by atoms with Gasteiger partial charge in [0.2, 0.25) is 9.84 Å². The number of esters is 1. The fourth-order valence-electron chi connectivity index (χ4n) is 2.54. The van der Waals surface area contributed by atoms with Gasteiger partial charge in [0.15, 0.2) is 6.10 Å². The number of hydrogen-bond donors (Lipinski definition) is 1. The maximum absolute atomic E-state index is 12.6. The van der Waals surface area contributed by atoms with Gasteiger partial charge < -0.3 is 10.1 Å². The Morgan fingerprint density at radius 3 is 2.07 bits per heavy atom. The zero-order chi connectivity index (χ0) is 22.5. The number of carbonyl (C=O) groups is 2. The quantitative estimate of drug-likeness (QED) is 0.617. The van der Waals surface area contributed by atoms with Crippen molar-refractivity contribution in [3.05, 3.63) is 59.7 Å². The average Bonchev–Trinajstić information content (AvgIpc) is 2.73. The molecule has 0 aliphatic carbocycles. The summed E-state index contributed by atoms with van der Waals surface area (Å²) >= 11 is 0. The number of anilines is 1. The van der Waals surface area contributed by atoms with Crippen LogP contribution < -0.4 is 5.32 Å². The van der Waals surface area contributed by atoms with Crippen LogP contribution in [0.4, 0.5) is 14.5 Å². The van der Waals surface area contributed by atoms with E-state index in [0.29, 0.717) is 11.6 Å². The van der Waals surface area contributed by atoms with E-state index < -0.39 is 38.5 Å². The molecule has 2 aromatic rings. The lowest BCUT2D eigenvalue weighted by Crippen LogP contribution is -2.30. The average molecular weight is 439 g/mol. The molecule has 0 aliphatic heterocycles. The van der Waals surface area contributed by atoms with Gasteiger partial charge >= 0.3 is 11.7 Å². The van der Waals surface area contributed by atoms with E-state index in [1.165, 1.54) is 6.92 Å². The molecule has 0 spiro atoms. The van der Waals surface area contributed by atoms with E-state index in [2.05, 4.69) is 19.2 Å². The van der Waals surface area contributed by atoms with E-state index in [9.17, 15) is 26.8 Å². The fourth-order valence-corrected chi connectivity index (χ4v) is 3.26. The van der Waals surface area contributed by atoms with Crippen LogP contribution in [-0.4, -0.2) is 32.2 Å². The maximum Gasteiger partial charge on any atom is 0.341 e. The summed E-state index contributed by atoms with van der Waals surface area (Å²) in [5.41, 5.74) is 1.63. The number of ether oxygens (including phenoxy) is 1. The number of rotatable bonds is 8. The van der Waals surface area contributed by atoms with E-state index >= 15 is 0 Å². The first-order valence-corrected chi connectivity index (χ1v) is 10.8. The van der Waals surface area contributed by atoms with E-state index in [0.717, 1.165) is 36.2 Å². The summed E-state index contributed by atoms with van der Waals surface area (Å²) in [5.74, 6) is -4.59. The lowest BCUT2D eigenvalue weighted by atomic mass is 9.99. The van der Waals surface area contributed by atoms with Crippen molar-refractivity contribution in [3.63, 3.8) is 0 Å². The molecular weight excluding hydrogens is 416 g/mol. The van der Waals surface area contributed by atoms with Crippen molar-refractivity contribution < 1.29 is 31.5 Å². The molecule has 2 aromatic carbocycles. The first kappa shape index (κ1) is 23.5. The normalized spacial score (nSPS) is 13.5. The summed E-state index contributed by atoms with van der Waals surface area (Å²) in [5, 5.41) is 2.65. The Labute approximate surface area is 174 Å². The summed E-state index contributed by atoms with van der Waals surface area (Å²) in [7, 11) is -4.75. The largest absolute Gasteiger partial charge is 0.449 e. The molecule has 30 heavy (non-hydrogen) atoms. The molecule has 0 unspecified atom stereocenters. The van der Waals surface area contributed by atoms with Crippen LogP contribution in [0.3, 0.4) is 0 Å². The second-order valence-corrected chi connectivity index (χ2v) is 8.72. The summed E-state index contributed by atoms with van der Waals surface area (Å²) in [4.78, 5) is 23.8. The van der Waals surface area contributed by atoms with Crippen LogP contribution in [0, 0.1) is 0 Å². The third-order valence-electron chi connectivity index (χ3n) is 4.67. The Kier molecular flexibility index (Phi) is 7.66. The third-order valence-corrected chi connectivity index (χ3v) is 6.06. The van der Waals surface area contributed by atoms with Crippen LogP contribution in [0.15, 0.2) is 53.4 Å². The van der Waals surface area contributed by atoms with Crippen molar-refractivity contribution in [2.24, 2.45) is 0 Å². The summed E-state index contributed by atoms with van der Waals surface area (Å²) in [6, 6.07) is 11.2. The summed E-state index contributed by atoms with van der Waals surface area (Å²) in [6.45, 7) is 5.57. The molecule has 0 saturated heterocycles. The predicted molar refractivity (Wildman–Crippen MR) is 108 cm³/mol. The van der Waals surface area contributed by atoms with E-state index in [4.69, 9.17) is 4.74 Å². The summed E-state index contributed by atoms with van der Waals surface area (Å²) in [6.07, 6.45) is -0.135. The molecule has 0 heterocycles. The van der Waals surface area contributed by atoms with Crippen molar-refractivity contribution in [2.45, 2.75) is 49.9 Å². The Morgan fingerprint density at radius 1 is 1.00 bits per heavy atom. The molecule has 0 radical (unpaired) electrons. The van der Waals surface area contributed by atoms with Crippen molar-refractivity contribution in [1.29, 1.82) is 0 Å². The highest BCUT2D eigenvalue weighted by molar-refractivity contribution is 7.91. The number of amides is 1. The Balaban J connectivity index is 1.98. The molecule has 1 amide bonds. The lowest BCUT2D eigenvalue weighted by molar-refractivity contribution is -0.123. The number of benzene rings is 2. The molecule has 0 saturated carbocycles. The highest BCUT2D eigenvalue weighted by atomic mass is 32.2. The Morgan fingerprint density at radius 2 is 1.57 bits per heavy atom. The van der Waals surface area contributed by atoms with Gasteiger partial charge in [-0.15, -0.1) is 0 Å². The van der Waals surface area contributed by atoms with Gasteiger partial charge in [0.05, 0.1) is 10.5 Å². The number of halogens is 2. The highest BCUT2D eigenvalue weighted by Crippen LogP contribution is 2.21. The zero-order valence-corrected chi connectivity index (χ0v) is 17.6. The van der Waals surface area contributed by atoms with Crippen molar-refractivity contribution in [1.82, 2.24) is 0 Å². The van der Waals surface area contributed by atoms with Crippen molar-refractivity contribution >= 4 is 27.4 Å². The topological polar surface area (TPSA) is 89.5 Å². The maximum atomic E-state index is 12.6. The van der Waals surface area contributed by atoms with Gasteiger partial charge in [-0.05, 0) is 61.2 Å². The predicted octanol–water partition coefficient (Wildman–Crippen LogP) is 4.38. The number of alkyl halides is 2. The second kappa shape index (κ2) is 9.80. The fraction of sp³-hybridized carbons (Fsp3) is 0.333. The molecule has 1 N–H and O–H groups in total. The van der Waals surface area contributed by atoms with Gasteiger partial charge in [-0.3, -0.25) is 4.79 Å². The standard InChI is InChI=1S/C21H23F2NO5S/c1-4-13(2)15-5-9-17(10-6-15)24-19(25)14(3)29-20(26)16-7-11-18(12-8-16)30(27,28)21(22)23/h5-14,21H,4H2,1-3H3,(H,24,25)/t13-,14+/m0/s1. The van der Waals surface area contributed by atoms with Gasteiger partial charge in [-0.2, -0.15) is 8.78 Å². The van der Waals surface area contributed by atoms with Crippen LogP contribution in [0.2, 0.25) is 0 Å². The van der Waals surface area contributed by atoms with Crippen LogP contribution >= 0.6 is 0 Å². The molecule has 0 aliphatic rings. The molecule has 0 fully saturated rings. The van der Waals surface area contributed by atoms with Gasteiger partial charge in [0.25, 0.3) is 5.91 Å². The third kappa shape index (κ3) is 5.63. The number of nitrogens with one attached hydrogen (secondary N) is 1. The smallest absolute Gasteiger partial charge is 0.341 e. The minimum Gasteiger partial charge on any atom is -0.449 e. The first-order chi connectivity index (χ1) is 14.1.